The zero-order valence-electron chi connectivity index (χ0n) is 18.9. The van der Waals surface area contributed by atoms with E-state index < -0.39 is 6.04 Å². The van der Waals surface area contributed by atoms with Gasteiger partial charge < -0.3 is 20.0 Å². The third kappa shape index (κ3) is 4.16. The molecule has 2 heterocycles. The van der Waals surface area contributed by atoms with Crippen LogP contribution in [0, 0.1) is 13.8 Å². The maximum atomic E-state index is 13.3. The zero-order valence-corrected chi connectivity index (χ0v) is 18.9. The second kappa shape index (κ2) is 8.62. The summed E-state index contributed by atoms with van der Waals surface area (Å²) in [6, 6.07) is 17.1. The molecule has 1 atom stereocenters. The number of furan rings is 1. The van der Waals surface area contributed by atoms with Gasteiger partial charge in [0.1, 0.15) is 11.8 Å². The Bertz CT molecular complexity index is 1220. The van der Waals surface area contributed by atoms with Gasteiger partial charge in [-0.15, -0.1) is 0 Å². The normalized spacial score (nSPS) is 17.7. The first-order valence-electron chi connectivity index (χ1n) is 11.3. The SMILES string of the molecule is Cc1cc(C)cc(NC(=O)CN2c3ccccc3NC3=C(C(=O)CCC3)[C@H]2c2ccco2)c1. The van der Waals surface area contributed by atoms with E-state index in [1.807, 2.05) is 67.3 Å². The minimum absolute atomic E-state index is 0.0705. The average molecular weight is 442 g/mol. The first-order chi connectivity index (χ1) is 16.0. The molecule has 33 heavy (non-hydrogen) atoms. The minimum atomic E-state index is -0.482. The van der Waals surface area contributed by atoms with Crippen molar-refractivity contribution in [3.05, 3.63) is 89.0 Å². The summed E-state index contributed by atoms with van der Waals surface area (Å²) in [5.41, 5.74) is 6.28. The van der Waals surface area contributed by atoms with Gasteiger partial charge in [-0.1, -0.05) is 18.2 Å². The molecule has 6 nitrogen and oxygen atoms in total. The Labute approximate surface area is 193 Å². The second-order valence-electron chi connectivity index (χ2n) is 8.78. The van der Waals surface area contributed by atoms with Crippen LogP contribution in [0.15, 0.2) is 76.5 Å². The van der Waals surface area contributed by atoms with Gasteiger partial charge in [0.05, 0.1) is 24.2 Å². The van der Waals surface area contributed by atoms with E-state index in [4.69, 9.17) is 4.42 Å². The van der Waals surface area contributed by atoms with E-state index in [0.717, 1.165) is 46.7 Å². The number of ketones is 1. The van der Waals surface area contributed by atoms with Gasteiger partial charge in [0, 0.05) is 23.4 Å². The van der Waals surface area contributed by atoms with Crippen LogP contribution < -0.4 is 15.5 Å². The lowest BCUT2D eigenvalue weighted by Crippen LogP contribution is -2.38. The summed E-state index contributed by atoms with van der Waals surface area (Å²) in [5, 5.41) is 6.53. The largest absolute Gasteiger partial charge is 0.467 e. The molecule has 3 aromatic rings. The summed E-state index contributed by atoms with van der Waals surface area (Å²) < 4.78 is 5.81. The van der Waals surface area contributed by atoms with Gasteiger partial charge in [0.2, 0.25) is 5.91 Å². The monoisotopic (exact) mass is 441 g/mol. The van der Waals surface area contributed by atoms with Crippen molar-refractivity contribution in [1.82, 2.24) is 0 Å². The molecular weight excluding hydrogens is 414 g/mol. The van der Waals surface area contributed by atoms with E-state index in [2.05, 4.69) is 16.7 Å². The second-order valence-corrected chi connectivity index (χ2v) is 8.78. The fraction of sp³-hybridized carbons (Fsp3) is 0.259. The lowest BCUT2D eigenvalue weighted by Gasteiger charge is -2.33. The molecule has 2 aliphatic rings. The number of allylic oxidation sites excluding steroid dienone is 1. The van der Waals surface area contributed by atoms with Crippen LogP contribution in [-0.4, -0.2) is 18.2 Å². The topological polar surface area (TPSA) is 74.6 Å². The smallest absolute Gasteiger partial charge is 0.243 e. The average Bonchev–Trinajstić information content (AvgIpc) is 3.25. The van der Waals surface area contributed by atoms with Crippen LogP contribution in [-0.2, 0) is 9.59 Å². The van der Waals surface area contributed by atoms with Crippen LogP contribution in [0.4, 0.5) is 17.1 Å². The highest BCUT2D eigenvalue weighted by atomic mass is 16.3. The quantitative estimate of drug-likeness (QED) is 0.558. The molecule has 0 saturated carbocycles. The van der Waals surface area contributed by atoms with Crippen LogP contribution in [0.5, 0.6) is 0 Å². The highest BCUT2D eigenvalue weighted by Gasteiger charge is 2.38. The molecule has 2 N–H and O–H groups in total. The number of carbonyl (C=O) groups excluding carboxylic acids is 2. The fourth-order valence-electron chi connectivity index (χ4n) is 4.92. The number of fused-ring (bicyclic) bond motifs is 1. The van der Waals surface area contributed by atoms with E-state index >= 15 is 0 Å². The number of nitrogens with one attached hydrogen (secondary N) is 2. The predicted molar refractivity (Wildman–Crippen MR) is 129 cm³/mol. The molecule has 0 spiro atoms. The molecule has 1 aliphatic heterocycles. The molecule has 0 unspecified atom stereocenters. The summed E-state index contributed by atoms with van der Waals surface area (Å²) in [5.74, 6) is 0.590. The number of carbonyl (C=O) groups is 2. The van der Waals surface area contributed by atoms with E-state index in [0.29, 0.717) is 17.8 Å². The van der Waals surface area contributed by atoms with Crippen LogP contribution in [0.3, 0.4) is 0 Å². The van der Waals surface area contributed by atoms with Gasteiger partial charge in [-0.05, 0) is 74.2 Å². The summed E-state index contributed by atoms with van der Waals surface area (Å²) in [7, 11) is 0. The molecule has 6 heteroatoms. The van der Waals surface area contributed by atoms with Crippen molar-refractivity contribution < 1.29 is 14.0 Å². The summed E-state index contributed by atoms with van der Waals surface area (Å²) in [6.45, 7) is 4.09. The Morgan fingerprint density at radius 1 is 1.09 bits per heavy atom. The summed E-state index contributed by atoms with van der Waals surface area (Å²) in [4.78, 5) is 28.4. The van der Waals surface area contributed by atoms with Crippen molar-refractivity contribution in [1.29, 1.82) is 0 Å². The number of amides is 1. The highest BCUT2D eigenvalue weighted by molar-refractivity contribution is 6.02. The van der Waals surface area contributed by atoms with Gasteiger partial charge in [0.15, 0.2) is 5.78 Å². The molecule has 5 rings (SSSR count). The standard InChI is InChI=1S/C27H27N3O3/c1-17-13-18(2)15-19(14-17)28-25(32)16-30-22-9-4-3-7-20(22)29-21-8-5-10-23(31)26(21)27(30)24-11-6-12-33-24/h3-4,6-7,9,11-15,27,29H,5,8,10,16H2,1-2H3,(H,28,32)/t27-/m1/s1. The van der Waals surface area contributed by atoms with E-state index in [9.17, 15) is 9.59 Å². The third-order valence-corrected chi connectivity index (χ3v) is 6.17. The van der Waals surface area contributed by atoms with Crippen molar-refractivity contribution in [3.63, 3.8) is 0 Å². The molecular formula is C27H27N3O3. The van der Waals surface area contributed by atoms with Gasteiger partial charge in [0.25, 0.3) is 0 Å². The molecule has 168 valence electrons. The highest BCUT2D eigenvalue weighted by Crippen LogP contribution is 2.44. The Kier molecular flexibility index (Phi) is 5.50. The molecule has 0 fully saturated rings. The Hall–Kier alpha value is -3.80. The third-order valence-electron chi connectivity index (χ3n) is 6.17. The number of nitrogens with zero attached hydrogens (tertiary/aromatic N) is 1. The van der Waals surface area contributed by atoms with Crippen molar-refractivity contribution in [2.24, 2.45) is 0 Å². The first-order valence-corrected chi connectivity index (χ1v) is 11.3. The van der Waals surface area contributed by atoms with Gasteiger partial charge in [-0.25, -0.2) is 0 Å². The van der Waals surface area contributed by atoms with Crippen LogP contribution >= 0.6 is 0 Å². The number of aryl methyl sites for hydroxylation is 2. The zero-order chi connectivity index (χ0) is 22.9. The van der Waals surface area contributed by atoms with E-state index in [-0.39, 0.29) is 18.2 Å². The Morgan fingerprint density at radius 2 is 1.88 bits per heavy atom. The molecule has 0 saturated heterocycles. The van der Waals surface area contributed by atoms with Gasteiger partial charge in [-0.2, -0.15) is 0 Å². The van der Waals surface area contributed by atoms with Gasteiger partial charge in [-0.3, -0.25) is 9.59 Å². The van der Waals surface area contributed by atoms with Gasteiger partial charge >= 0.3 is 0 Å². The molecule has 1 amide bonds. The van der Waals surface area contributed by atoms with E-state index in [1.165, 1.54) is 0 Å². The summed E-state index contributed by atoms with van der Waals surface area (Å²) in [6.07, 6.45) is 3.71. The van der Waals surface area contributed by atoms with Crippen molar-refractivity contribution in [2.75, 3.05) is 22.1 Å². The van der Waals surface area contributed by atoms with Crippen LogP contribution in [0.25, 0.3) is 0 Å². The van der Waals surface area contributed by atoms with Crippen molar-refractivity contribution >= 4 is 28.8 Å². The number of hydrogen-bond donors (Lipinski definition) is 2. The number of hydrogen-bond acceptors (Lipinski definition) is 5. The molecule has 2 aromatic carbocycles. The maximum Gasteiger partial charge on any atom is 0.243 e. The van der Waals surface area contributed by atoms with Crippen molar-refractivity contribution in [3.8, 4) is 0 Å². The Morgan fingerprint density at radius 3 is 2.64 bits per heavy atom. The summed E-state index contributed by atoms with van der Waals surface area (Å²) >= 11 is 0. The maximum absolute atomic E-state index is 13.3. The predicted octanol–water partition coefficient (Wildman–Crippen LogP) is 5.52. The fourth-order valence-corrected chi connectivity index (χ4v) is 4.92. The lowest BCUT2D eigenvalue weighted by molar-refractivity contribution is -0.117. The molecule has 0 bridgehead atoms. The number of benzene rings is 2. The van der Waals surface area contributed by atoms with Crippen molar-refractivity contribution in [2.45, 2.75) is 39.2 Å². The molecule has 1 aromatic heterocycles. The number of anilines is 3. The minimum Gasteiger partial charge on any atom is -0.467 e. The molecule has 1 aliphatic carbocycles. The number of rotatable bonds is 4. The van der Waals surface area contributed by atoms with Crippen LogP contribution in [0.2, 0.25) is 0 Å². The number of para-hydroxylation sites is 2. The lowest BCUT2D eigenvalue weighted by atomic mass is 9.88. The molecule has 0 radical (unpaired) electrons. The Balaban J connectivity index is 1.57. The number of Topliss-reactive ketones (excluding diaryl/α,β-unsaturated/α-hetero) is 1. The first kappa shape index (κ1) is 21.1. The van der Waals surface area contributed by atoms with E-state index in [1.54, 1.807) is 6.26 Å². The van der Waals surface area contributed by atoms with Crippen LogP contribution in [0.1, 0.15) is 42.2 Å².